The fourth-order valence-electron chi connectivity index (χ4n) is 3.33. The summed E-state index contributed by atoms with van der Waals surface area (Å²) in [5, 5.41) is 9.92. The quantitative estimate of drug-likeness (QED) is 0.732. The lowest BCUT2D eigenvalue weighted by molar-refractivity contribution is 0.0629. The zero-order chi connectivity index (χ0) is 10.1. The van der Waals surface area contributed by atoms with Crippen molar-refractivity contribution in [3.05, 3.63) is 0 Å². The molecule has 2 nitrogen and oxygen atoms in total. The van der Waals surface area contributed by atoms with Crippen LogP contribution in [0.25, 0.3) is 0 Å². The first-order chi connectivity index (χ1) is 6.70. The summed E-state index contributed by atoms with van der Waals surface area (Å²) in [7, 11) is 0. The Balaban J connectivity index is 2.01. The highest BCUT2D eigenvalue weighted by molar-refractivity contribution is 4.92. The summed E-state index contributed by atoms with van der Waals surface area (Å²) in [5.41, 5.74) is 0. The van der Waals surface area contributed by atoms with E-state index in [2.05, 4.69) is 18.7 Å². The average Bonchev–Trinajstić information content (AvgIpc) is 2.70. The molecule has 1 aliphatic heterocycles. The Kier molecular flexibility index (Phi) is 3.13. The highest BCUT2D eigenvalue weighted by Crippen LogP contribution is 2.36. The summed E-state index contributed by atoms with van der Waals surface area (Å²) in [6, 6.07) is 1.32. The second-order valence-electron chi connectivity index (χ2n) is 5.20. The van der Waals surface area contributed by atoms with Gasteiger partial charge in [0.15, 0.2) is 0 Å². The molecule has 14 heavy (non-hydrogen) atoms. The van der Waals surface area contributed by atoms with E-state index in [0.29, 0.717) is 18.0 Å². The van der Waals surface area contributed by atoms with Crippen LogP contribution in [0.4, 0.5) is 0 Å². The van der Waals surface area contributed by atoms with Crippen molar-refractivity contribution in [1.29, 1.82) is 0 Å². The van der Waals surface area contributed by atoms with Crippen molar-refractivity contribution >= 4 is 0 Å². The fraction of sp³-hybridized carbons (Fsp3) is 1.00. The molecule has 2 heteroatoms. The Morgan fingerprint density at radius 2 is 1.93 bits per heavy atom. The molecule has 0 bridgehead atoms. The SMILES string of the molecule is CC(C)N1CCCC1C1CCCC1O. The number of rotatable bonds is 2. The van der Waals surface area contributed by atoms with Gasteiger partial charge in [-0.25, -0.2) is 0 Å². The fourth-order valence-corrected chi connectivity index (χ4v) is 3.33. The van der Waals surface area contributed by atoms with Crippen LogP contribution in [0.5, 0.6) is 0 Å². The molecule has 0 amide bonds. The minimum atomic E-state index is -0.0145. The van der Waals surface area contributed by atoms with E-state index in [4.69, 9.17) is 0 Å². The summed E-state index contributed by atoms with van der Waals surface area (Å²) in [6.07, 6.45) is 6.13. The Morgan fingerprint density at radius 3 is 2.50 bits per heavy atom. The molecular formula is C12H23NO. The van der Waals surface area contributed by atoms with E-state index in [9.17, 15) is 5.11 Å². The first kappa shape index (κ1) is 10.4. The molecule has 0 aromatic carbocycles. The van der Waals surface area contributed by atoms with Crippen LogP contribution in [0.1, 0.15) is 46.0 Å². The van der Waals surface area contributed by atoms with E-state index in [1.807, 2.05) is 0 Å². The topological polar surface area (TPSA) is 23.5 Å². The summed E-state index contributed by atoms with van der Waals surface area (Å²) < 4.78 is 0. The molecular weight excluding hydrogens is 174 g/mol. The van der Waals surface area contributed by atoms with Gasteiger partial charge in [-0.05, 0) is 46.1 Å². The van der Waals surface area contributed by atoms with E-state index in [1.165, 1.54) is 32.2 Å². The molecule has 3 unspecified atom stereocenters. The van der Waals surface area contributed by atoms with Gasteiger partial charge in [0.1, 0.15) is 0 Å². The molecule has 1 N–H and O–H groups in total. The summed E-state index contributed by atoms with van der Waals surface area (Å²) >= 11 is 0. The molecule has 2 rings (SSSR count). The number of hydrogen-bond acceptors (Lipinski definition) is 2. The molecule has 2 aliphatic rings. The van der Waals surface area contributed by atoms with Crippen molar-refractivity contribution in [1.82, 2.24) is 4.90 Å². The predicted molar refractivity (Wildman–Crippen MR) is 58.2 cm³/mol. The normalized spacial score (nSPS) is 39.9. The van der Waals surface area contributed by atoms with Crippen molar-refractivity contribution < 1.29 is 5.11 Å². The molecule has 0 spiro atoms. The molecule has 2 fully saturated rings. The third-order valence-corrected chi connectivity index (χ3v) is 4.03. The van der Waals surface area contributed by atoms with Crippen LogP contribution in [0, 0.1) is 5.92 Å². The molecule has 0 aromatic heterocycles. The number of likely N-dealkylation sites (tertiary alicyclic amines) is 1. The Hall–Kier alpha value is -0.0800. The molecule has 1 heterocycles. The minimum absolute atomic E-state index is 0.0145. The van der Waals surface area contributed by atoms with Crippen LogP contribution in [-0.4, -0.2) is 34.7 Å². The standard InChI is InChI=1S/C12H23NO/c1-9(2)13-8-4-6-11(13)10-5-3-7-12(10)14/h9-12,14H,3-8H2,1-2H3. The van der Waals surface area contributed by atoms with Gasteiger partial charge in [-0.1, -0.05) is 6.42 Å². The highest BCUT2D eigenvalue weighted by atomic mass is 16.3. The lowest BCUT2D eigenvalue weighted by Gasteiger charge is -2.33. The Bertz CT molecular complexity index is 193. The van der Waals surface area contributed by atoms with Crippen molar-refractivity contribution in [2.24, 2.45) is 5.92 Å². The van der Waals surface area contributed by atoms with Crippen LogP contribution in [-0.2, 0) is 0 Å². The maximum Gasteiger partial charge on any atom is 0.0583 e. The van der Waals surface area contributed by atoms with Crippen molar-refractivity contribution in [3.8, 4) is 0 Å². The maximum atomic E-state index is 9.92. The number of hydrogen-bond donors (Lipinski definition) is 1. The van der Waals surface area contributed by atoms with Gasteiger partial charge in [-0.3, -0.25) is 4.90 Å². The number of aliphatic hydroxyl groups is 1. The van der Waals surface area contributed by atoms with Crippen molar-refractivity contribution in [2.45, 2.75) is 64.1 Å². The number of nitrogens with zero attached hydrogens (tertiary/aromatic N) is 1. The third kappa shape index (κ3) is 1.82. The van der Waals surface area contributed by atoms with Crippen molar-refractivity contribution in [2.75, 3.05) is 6.54 Å². The Labute approximate surface area is 87.3 Å². The summed E-state index contributed by atoms with van der Waals surface area (Å²) in [4.78, 5) is 2.60. The lowest BCUT2D eigenvalue weighted by Crippen LogP contribution is -2.42. The first-order valence-corrected chi connectivity index (χ1v) is 6.14. The van der Waals surface area contributed by atoms with Crippen molar-refractivity contribution in [3.63, 3.8) is 0 Å². The zero-order valence-corrected chi connectivity index (χ0v) is 9.45. The zero-order valence-electron chi connectivity index (χ0n) is 9.45. The van der Waals surface area contributed by atoms with Gasteiger partial charge in [-0.2, -0.15) is 0 Å². The van der Waals surface area contributed by atoms with Crippen LogP contribution >= 0.6 is 0 Å². The predicted octanol–water partition coefficient (Wildman–Crippen LogP) is 2.02. The second kappa shape index (κ2) is 4.19. The third-order valence-electron chi connectivity index (χ3n) is 4.03. The summed E-state index contributed by atoms with van der Waals surface area (Å²) in [6.45, 7) is 5.80. The Morgan fingerprint density at radius 1 is 1.14 bits per heavy atom. The minimum Gasteiger partial charge on any atom is -0.393 e. The molecule has 0 aromatic rings. The monoisotopic (exact) mass is 197 g/mol. The molecule has 3 atom stereocenters. The van der Waals surface area contributed by atoms with Gasteiger partial charge in [0.25, 0.3) is 0 Å². The smallest absolute Gasteiger partial charge is 0.0583 e. The van der Waals surface area contributed by atoms with Gasteiger partial charge in [-0.15, -0.1) is 0 Å². The molecule has 0 radical (unpaired) electrons. The van der Waals surface area contributed by atoms with E-state index >= 15 is 0 Å². The molecule has 1 saturated carbocycles. The van der Waals surface area contributed by atoms with E-state index < -0.39 is 0 Å². The van der Waals surface area contributed by atoms with Crippen LogP contribution < -0.4 is 0 Å². The van der Waals surface area contributed by atoms with Gasteiger partial charge >= 0.3 is 0 Å². The van der Waals surface area contributed by atoms with Gasteiger partial charge in [0, 0.05) is 18.0 Å². The molecule has 82 valence electrons. The second-order valence-corrected chi connectivity index (χ2v) is 5.20. The largest absolute Gasteiger partial charge is 0.393 e. The maximum absolute atomic E-state index is 9.92. The van der Waals surface area contributed by atoms with Crippen LogP contribution in [0.2, 0.25) is 0 Å². The van der Waals surface area contributed by atoms with E-state index in [1.54, 1.807) is 0 Å². The highest BCUT2D eigenvalue weighted by Gasteiger charge is 2.38. The average molecular weight is 197 g/mol. The molecule has 1 aliphatic carbocycles. The summed E-state index contributed by atoms with van der Waals surface area (Å²) in [5.74, 6) is 0.569. The number of aliphatic hydroxyl groups excluding tert-OH is 1. The molecule has 1 saturated heterocycles. The van der Waals surface area contributed by atoms with Crippen LogP contribution in [0.15, 0.2) is 0 Å². The first-order valence-electron chi connectivity index (χ1n) is 6.14. The lowest BCUT2D eigenvalue weighted by atomic mass is 9.93. The van der Waals surface area contributed by atoms with E-state index in [-0.39, 0.29) is 6.10 Å². The van der Waals surface area contributed by atoms with Crippen LogP contribution in [0.3, 0.4) is 0 Å². The van der Waals surface area contributed by atoms with E-state index in [0.717, 1.165) is 6.42 Å². The van der Waals surface area contributed by atoms with Gasteiger partial charge in [0.2, 0.25) is 0 Å². The van der Waals surface area contributed by atoms with Gasteiger partial charge < -0.3 is 5.11 Å². The van der Waals surface area contributed by atoms with Gasteiger partial charge in [0.05, 0.1) is 6.10 Å².